The second-order valence-corrected chi connectivity index (χ2v) is 8.63. The third-order valence-electron chi connectivity index (χ3n) is 4.56. The fraction of sp³-hybridized carbons (Fsp3) is 0.318. The van der Waals surface area contributed by atoms with Crippen molar-refractivity contribution in [3.05, 3.63) is 63.9 Å². The molecule has 0 aliphatic rings. The van der Waals surface area contributed by atoms with Crippen LogP contribution in [-0.4, -0.2) is 38.2 Å². The first-order valence-corrected chi connectivity index (χ1v) is 10.9. The van der Waals surface area contributed by atoms with Crippen molar-refractivity contribution in [3.8, 4) is 5.69 Å². The number of carbonyl (C=O) groups excluding carboxylic acids is 1. The second kappa shape index (κ2) is 9.01. The van der Waals surface area contributed by atoms with Gasteiger partial charge in [0.2, 0.25) is 5.91 Å². The van der Waals surface area contributed by atoms with Gasteiger partial charge in [-0.25, -0.2) is 4.98 Å². The Morgan fingerprint density at radius 2 is 1.69 bits per heavy atom. The van der Waals surface area contributed by atoms with Gasteiger partial charge >= 0.3 is 0 Å². The summed E-state index contributed by atoms with van der Waals surface area (Å²) in [5.41, 5.74) is 0.945. The van der Waals surface area contributed by atoms with Gasteiger partial charge in [0.25, 0.3) is 5.56 Å². The van der Waals surface area contributed by atoms with E-state index in [1.54, 1.807) is 24.3 Å². The van der Waals surface area contributed by atoms with Gasteiger partial charge in [0.1, 0.15) is 0 Å². The van der Waals surface area contributed by atoms with E-state index in [4.69, 9.17) is 11.6 Å². The van der Waals surface area contributed by atoms with E-state index >= 15 is 0 Å². The van der Waals surface area contributed by atoms with Crippen molar-refractivity contribution in [2.75, 3.05) is 5.75 Å². The highest BCUT2D eigenvalue weighted by molar-refractivity contribution is 7.99. The average Bonchev–Trinajstić information content (AvgIpc) is 2.67. The van der Waals surface area contributed by atoms with Gasteiger partial charge < -0.3 is 4.90 Å². The first kappa shape index (κ1) is 21.4. The molecular weight excluding hydrogens is 406 g/mol. The zero-order valence-corrected chi connectivity index (χ0v) is 18.5. The summed E-state index contributed by atoms with van der Waals surface area (Å²) in [4.78, 5) is 32.6. The number of thioether (sulfide) groups is 1. The molecule has 1 heterocycles. The topological polar surface area (TPSA) is 55.2 Å². The van der Waals surface area contributed by atoms with Gasteiger partial charge in [0.05, 0.1) is 27.4 Å². The van der Waals surface area contributed by atoms with Crippen molar-refractivity contribution < 1.29 is 4.79 Å². The van der Waals surface area contributed by atoms with Crippen LogP contribution in [0.4, 0.5) is 0 Å². The van der Waals surface area contributed by atoms with Crippen molar-refractivity contribution in [1.29, 1.82) is 0 Å². The Balaban J connectivity index is 2.07. The molecule has 0 aliphatic heterocycles. The summed E-state index contributed by atoms with van der Waals surface area (Å²) in [5, 5.41) is 1.41. The lowest BCUT2D eigenvalue weighted by molar-refractivity contribution is -0.131. The van der Waals surface area contributed by atoms with Gasteiger partial charge in [0, 0.05) is 12.1 Å². The largest absolute Gasteiger partial charge is 0.337 e. The molecule has 0 aliphatic carbocycles. The van der Waals surface area contributed by atoms with Crippen LogP contribution in [0.25, 0.3) is 16.6 Å². The summed E-state index contributed by atoms with van der Waals surface area (Å²) in [7, 11) is 0. The molecule has 0 spiro atoms. The molecule has 0 fully saturated rings. The Morgan fingerprint density at radius 3 is 2.34 bits per heavy atom. The van der Waals surface area contributed by atoms with E-state index < -0.39 is 0 Å². The maximum atomic E-state index is 13.3. The van der Waals surface area contributed by atoms with Gasteiger partial charge in [-0.3, -0.25) is 14.2 Å². The molecule has 0 saturated heterocycles. The third-order valence-corrected chi connectivity index (χ3v) is 5.81. The molecule has 1 amide bonds. The fourth-order valence-corrected chi connectivity index (χ4v) is 4.52. The van der Waals surface area contributed by atoms with Gasteiger partial charge in [-0.1, -0.05) is 47.6 Å². The first-order valence-electron chi connectivity index (χ1n) is 9.52. The predicted molar refractivity (Wildman–Crippen MR) is 120 cm³/mol. The van der Waals surface area contributed by atoms with Crippen LogP contribution in [0.2, 0.25) is 5.02 Å². The fourth-order valence-electron chi connectivity index (χ4n) is 3.43. The van der Waals surface area contributed by atoms with Crippen LogP contribution in [0.5, 0.6) is 0 Å². The van der Waals surface area contributed by atoms with Crippen LogP contribution >= 0.6 is 23.4 Å². The van der Waals surface area contributed by atoms with Crippen molar-refractivity contribution >= 4 is 40.2 Å². The van der Waals surface area contributed by atoms with Crippen molar-refractivity contribution in [2.45, 2.75) is 44.9 Å². The predicted octanol–water partition coefficient (Wildman–Crippen LogP) is 4.78. The molecule has 3 rings (SSSR count). The molecule has 0 N–H and O–H groups in total. The number of nitrogens with zero attached hydrogens (tertiary/aromatic N) is 3. The summed E-state index contributed by atoms with van der Waals surface area (Å²) < 4.78 is 1.50. The summed E-state index contributed by atoms with van der Waals surface area (Å²) in [6.45, 7) is 7.99. The standard InChI is InChI=1S/C22H24ClN3O2S/c1-14(2)25(15(3)4)20(27)13-29-22-24-18-11-7-5-9-16(18)21(28)26(22)19-12-8-6-10-17(19)23/h5-12,14-15H,13H2,1-4H3. The average molecular weight is 430 g/mol. The highest BCUT2D eigenvalue weighted by Gasteiger charge is 2.22. The minimum absolute atomic E-state index is 0.00752. The Morgan fingerprint density at radius 1 is 1.07 bits per heavy atom. The normalized spacial score (nSPS) is 11.4. The summed E-state index contributed by atoms with van der Waals surface area (Å²) in [6.07, 6.45) is 0. The van der Waals surface area contributed by atoms with Crippen LogP contribution in [-0.2, 0) is 4.79 Å². The molecule has 5 nitrogen and oxygen atoms in total. The van der Waals surface area contributed by atoms with Gasteiger partial charge in [-0.2, -0.15) is 0 Å². The van der Waals surface area contributed by atoms with Gasteiger partial charge in [0.15, 0.2) is 5.16 Å². The van der Waals surface area contributed by atoms with E-state index in [1.807, 2.05) is 56.9 Å². The molecule has 0 radical (unpaired) electrons. The molecule has 29 heavy (non-hydrogen) atoms. The summed E-state index contributed by atoms with van der Waals surface area (Å²) in [6, 6.07) is 14.5. The molecule has 7 heteroatoms. The summed E-state index contributed by atoms with van der Waals surface area (Å²) in [5.74, 6) is 0.194. The zero-order chi connectivity index (χ0) is 21.1. The second-order valence-electron chi connectivity index (χ2n) is 7.28. The van der Waals surface area contributed by atoms with E-state index in [0.29, 0.717) is 26.8 Å². The lowest BCUT2D eigenvalue weighted by atomic mass is 10.2. The molecule has 0 bridgehead atoms. The minimum Gasteiger partial charge on any atom is -0.337 e. The molecule has 0 atom stereocenters. The highest BCUT2D eigenvalue weighted by Crippen LogP contribution is 2.26. The van der Waals surface area contributed by atoms with Crippen molar-refractivity contribution in [3.63, 3.8) is 0 Å². The smallest absolute Gasteiger partial charge is 0.266 e. The van der Waals surface area contributed by atoms with E-state index in [0.717, 1.165) is 0 Å². The first-order chi connectivity index (χ1) is 13.8. The lowest BCUT2D eigenvalue weighted by Gasteiger charge is -2.30. The number of rotatable bonds is 6. The van der Waals surface area contributed by atoms with Crippen LogP contribution in [0, 0.1) is 0 Å². The Labute approximate surface area is 179 Å². The molecule has 2 aromatic carbocycles. The van der Waals surface area contributed by atoms with Crippen LogP contribution in [0.15, 0.2) is 58.5 Å². The van der Waals surface area contributed by atoms with Crippen LogP contribution < -0.4 is 5.56 Å². The summed E-state index contributed by atoms with van der Waals surface area (Å²) >= 11 is 7.63. The van der Waals surface area contributed by atoms with E-state index in [1.165, 1.54) is 16.3 Å². The van der Waals surface area contributed by atoms with Gasteiger partial charge in [-0.15, -0.1) is 0 Å². The van der Waals surface area contributed by atoms with E-state index in [9.17, 15) is 9.59 Å². The van der Waals surface area contributed by atoms with E-state index in [-0.39, 0.29) is 29.3 Å². The number of amides is 1. The van der Waals surface area contributed by atoms with E-state index in [2.05, 4.69) is 4.98 Å². The Bertz CT molecular complexity index is 1090. The highest BCUT2D eigenvalue weighted by atomic mass is 35.5. The van der Waals surface area contributed by atoms with Crippen molar-refractivity contribution in [2.24, 2.45) is 0 Å². The number of aromatic nitrogens is 2. The number of hydrogen-bond acceptors (Lipinski definition) is 4. The number of halogens is 1. The molecular formula is C22H24ClN3O2S. The number of carbonyl (C=O) groups is 1. The SMILES string of the molecule is CC(C)N(C(=O)CSc1nc2ccccc2c(=O)n1-c1ccccc1Cl)C(C)C. The number of para-hydroxylation sites is 2. The Hall–Kier alpha value is -2.31. The maximum absolute atomic E-state index is 13.3. The number of fused-ring (bicyclic) bond motifs is 1. The molecule has 0 saturated carbocycles. The Kier molecular flexibility index (Phi) is 6.65. The third kappa shape index (κ3) is 4.49. The molecule has 0 unspecified atom stereocenters. The number of hydrogen-bond donors (Lipinski definition) is 0. The molecule has 3 aromatic rings. The van der Waals surface area contributed by atoms with Crippen molar-refractivity contribution in [1.82, 2.24) is 14.5 Å². The molecule has 152 valence electrons. The lowest BCUT2D eigenvalue weighted by Crippen LogP contribution is -2.43. The maximum Gasteiger partial charge on any atom is 0.266 e. The van der Waals surface area contributed by atoms with Gasteiger partial charge in [-0.05, 0) is 52.0 Å². The van der Waals surface area contributed by atoms with Crippen LogP contribution in [0.3, 0.4) is 0 Å². The monoisotopic (exact) mass is 429 g/mol. The molecule has 1 aromatic heterocycles. The number of benzene rings is 2. The zero-order valence-electron chi connectivity index (χ0n) is 16.9. The van der Waals surface area contributed by atoms with Crippen LogP contribution in [0.1, 0.15) is 27.7 Å². The quantitative estimate of drug-likeness (QED) is 0.418. The minimum atomic E-state index is -0.205.